The van der Waals surface area contributed by atoms with Crippen LogP contribution in [0, 0.1) is 17.3 Å². The summed E-state index contributed by atoms with van der Waals surface area (Å²) in [4.78, 5) is 12.5. The number of aliphatic hydroxyl groups excluding tert-OH is 1. The first kappa shape index (κ1) is 17.2. The van der Waals surface area contributed by atoms with Crippen LogP contribution in [0.1, 0.15) is 41.0 Å². The van der Waals surface area contributed by atoms with Gasteiger partial charge in [-0.05, 0) is 38.5 Å². The Kier molecular flexibility index (Phi) is 5.39. The van der Waals surface area contributed by atoms with E-state index in [1.807, 2.05) is 6.92 Å². The summed E-state index contributed by atoms with van der Waals surface area (Å²) in [6, 6.07) is 0. The van der Waals surface area contributed by atoms with E-state index in [1.165, 1.54) is 5.57 Å². The molecule has 0 spiro atoms. The number of methoxy groups -OCH3 is 1. The first-order chi connectivity index (χ1) is 9.18. The van der Waals surface area contributed by atoms with Crippen molar-refractivity contribution in [1.29, 1.82) is 0 Å². The average Bonchev–Trinajstić information content (AvgIpc) is 2.79. The lowest BCUT2D eigenvalue weighted by atomic mass is 9.98. The molecule has 116 valence electrons. The second-order valence-corrected chi connectivity index (χ2v) is 7.03. The number of rotatable bonds is 7. The van der Waals surface area contributed by atoms with Crippen molar-refractivity contribution in [2.45, 2.75) is 46.6 Å². The summed E-state index contributed by atoms with van der Waals surface area (Å²) in [5.41, 5.74) is 0.747. The Morgan fingerprint density at radius 1 is 1.45 bits per heavy atom. The number of amides is 1. The molecule has 0 heterocycles. The van der Waals surface area contributed by atoms with Crippen LogP contribution in [0.2, 0.25) is 0 Å². The predicted octanol–water partition coefficient (Wildman–Crippen LogP) is 2.13. The minimum absolute atomic E-state index is 0.00674. The molecule has 1 saturated carbocycles. The lowest BCUT2D eigenvalue weighted by molar-refractivity contribution is -0.125. The van der Waals surface area contributed by atoms with E-state index in [0.717, 1.165) is 0 Å². The van der Waals surface area contributed by atoms with E-state index in [-0.39, 0.29) is 23.8 Å². The Balaban J connectivity index is 2.74. The van der Waals surface area contributed by atoms with Crippen LogP contribution in [0.5, 0.6) is 0 Å². The van der Waals surface area contributed by atoms with Gasteiger partial charge in [0.1, 0.15) is 0 Å². The van der Waals surface area contributed by atoms with Crippen molar-refractivity contribution in [3.8, 4) is 0 Å². The minimum Gasteiger partial charge on any atom is -0.396 e. The number of carbonyl (C=O) groups excluding carboxylic acids is 1. The van der Waals surface area contributed by atoms with Crippen molar-refractivity contribution in [2.24, 2.45) is 17.3 Å². The fraction of sp³-hybridized carbons (Fsp3) is 0.812. The van der Waals surface area contributed by atoms with Gasteiger partial charge in [-0.3, -0.25) is 4.79 Å². The van der Waals surface area contributed by atoms with Gasteiger partial charge in [0.15, 0.2) is 0 Å². The third-order valence-corrected chi connectivity index (χ3v) is 4.26. The molecule has 0 bridgehead atoms. The Morgan fingerprint density at radius 3 is 2.50 bits per heavy atom. The SMILES string of the molecule is COCC(C)(CCO)NC(=O)C1C(C=C(C)C)C1(C)C. The topological polar surface area (TPSA) is 58.6 Å². The average molecular weight is 283 g/mol. The van der Waals surface area contributed by atoms with Gasteiger partial charge in [-0.15, -0.1) is 0 Å². The van der Waals surface area contributed by atoms with Gasteiger partial charge in [0.05, 0.1) is 18.1 Å². The summed E-state index contributed by atoms with van der Waals surface area (Å²) in [5, 5.41) is 12.2. The van der Waals surface area contributed by atoms with Crippen LogP contribution in [0.4, 0.5) is 0 Å². The first-order valence-electron chi connectivity index (χ1n) is 7.25. The van der Waals surface area contributed by atoms with Crippen LogP contribution in [-0.4, -0.2) is 36.9 Å². The zero-order valence-corrected chi connectivity index (χ0v) is 13.6. The van der Waals surface area contributed by atoms with Gasteiger partial charge in [0, 0.05) is 13.7 Å². The molecular formula is C16H29NO3. The Morgan fingerprint density at radius 2 is 2.05 bits per heavy atom. The monoisotopic (exact) mass is 283 g/mol. The molecule has 1 aliphatic rings. The number of aliphatic hydroxyl groups is 1. The molecule has 0 aromatic carbocycles. The molecule has 1 amide bonds. The molecule has 1 rings (SSSR count). The molecule has 1 fully saturated rings. The molecule has 0 aromatic heterocycles. The number of ether oxygens (including phenoxy) is 1. The zero-order chi connectivity index (χ0) is 15.6. The van der Waals surface area contributed by atoms with Crippen LogP contribution in [0.3, 0.4) is 0 Å². The Hall–Kier alpha value is -0.870. The van der Waals surface area contributed by atoms with Crippen LogP contribution >= 0.6 is 0 Å². The molecule has 2 N–H and O–H groups in total. The maximum absolute atomic E-state index is 12.5. The minimum atomic E-state index is -0.505. The highest BCUT2D eigenvalue weighted by Gasteiger charge is 2.60. The molecule has 0 aromatic rings. The Bertz CT molecular complexity index is 377. The van der Waals surface area contributed by atoms with Gasteiger partial charge in [0.2, 0.25) is 5.91 Å². The zero-order valence-electron chi connectivity index (χ0n) is 13.6. The number of hydrogen-bond acceptors (Lipinski definition) is 3. The molecule has 0 saturated heterocycles. The Labute approximate surface area is 122 Å². The maximum Gasteiger partial charge on any atom is 0.224 e. The lowest BCUT2D eigenvalue weighted by Crippen LogP contribution is -2.51. The van der Waals surface area contributed by atoms with Crippen LogP contribution in [0.25, 0.3) is 0 Å². The van der Waals surface area contributed by atoms with Gasteiger partial charge in [-0.25, -0.2) is 0 Å². The molecule has 4 heteroatoms. The highest BCUT2D eigenvalue weighted by Crippen LogP contribution is 2.59. The molecule has 1 aliphatic carbocycles. The van der Waals surface area contributed by atoms with E-state index < -0.39 is 5.54 Å². The predicted molar refractivity (Wildman–Crippen MR) is 80.3 cm³/mol. The van der Waals surface area contributed by atoms with Crippen LogP contribution in [0.15, 0.2) is 11.6 Å². The van der Waals surface area contributed by atoms with Gasteiger partial charge in [0.25, 0.3) is 0 Å². The summed E-state index contributed by atoms with van der Waals surface area (Å²) < 4.78 is 5.17. The maximum atomic E-state index is 12.5. The third kappa shape index (κ3) is 3.83. The van der Waals surface area contributed by atoms with Crippen LogP contribution in [-0.2, 0) is 9.53 Å². The van der Waals surface area contributed by atoms with E-state index in [2.05, 4.69) is 39.1 Å². The van der Waals surface area contributed by atoms with Crippen molar-refractivity contribution in [1.82, 2.24) is 5.32 Å². The molecule has 20 heavy (non-hydrogen) atoms. The first-order valence-corrected chi connectivity index (χ1v) is 7.25. The summed E-state index contributed by atoms with van der Waals surface area (Å²) in [6.45, 7) is 10.7. The van der Waals surface area contributed by atoms with E-state index in [0.29, 0.717) is 18.9 Å². The van der Waals surface area contributed by atoms with Crippen molar-refractivity contribution < 1.29 is 14.6 Å². The fourth-order valence-corrected chi connectivity index (χ4v) is 2.96. The molecular weight excluding hydrogens is 254 g/mol. The van der Waals surface area contributed by atoms with Crippen molar-refractivity contribution >= 4 is 5.91 Å². The molecule has 0 radical (unpaired) electrons. The molecule has 3 unspecified atom stereocenters. The summed E-state index contributed by atoms with van der Waals surface area (Å²) in [6.07, 6.45) is 2.68. The summed E-state index contributed by atoms with van der Waals surface area (Å²) in [7, 11) is 1.61. The normalized spacial score (nSPS) is 26.6. The van der Waals surface area contributed by atoms with Crippen molar-refractivity contribution in [2.75, 3.05) is 20.3 Å². The summed E-state index contributed by atoms with van der Waals surface area (Å²) >= 11 is 0. The highest BCUT2D eigenvalue weighted by molar-refractivity contribution is 5.84. The van der Waals surface area contributed by atoms with Crippen molar-refractivity contribution in [3.05, 3.63) is 11.6 Å². The van der Waals surface area contributed by atoms with E-state index >= 15 is 0 Å². The number of hydrogen-bond donors (Lipinski definition) is 2. The number of nitrogens with one attached hydrogen (secondary N) is 1. The van der Waals surface area contributed by atoms with E-state index in [4.69, 9.17) is 9.84 Å². The van der Waals surface area contributed by atoms with Gasteiger partial charge in [-0.2, -0.15) is 0 Å². The van der Waals surface area contributed by atoms with Crippen molar-refractivity contribution in [3.63, 3.8) is 0 Å². The van der Waals surface area contributed by atoms with Gasteiger partial charge in [-0.1, -0.05) is 25.5 Å². The smallest absolute Gasteiger partial charge is 0.224 e. The second-order valence-electron chi connectivity index (χ2n) is 7.03. The standard InChI is InChI=1S/C16H29NO3/c1-11(2)9-12-13(15(12,3)4)14(19)17-16(5,7-8-18)10-20-6/h9,12-13,18H,7-8,10H2,1-6H3,(H,17,19). The summed E-state index contributed by atoms with van der Waals surface area (Å²) in [5.74, 6) is 0.367. The van der Waals surface area contributed by atoms with Crippen LogP contribution < -0.4 is 5.32 Å². The highest BCUT2D eigenvalue weighted by atomic mass is 16.5. The van der Waals surface area contributed by atoms with Gasteiger partial charge < -0.3 is 15.2 Å². The van der Waals surface area contributed by atoms with E-state index in [1.54, 1.807) is 7.11 Å². The quantitative estimate of drug-likeness (QED) is 0.704. The lowest BCUT2D eigenvalue weighted by Gasteiger charge is -2.29. The molecule has 3 atom stereocenters. The molecule has 4 nitrogen and oxygen atoms in total. The fourth-order valence-electron chi connectivity index (χ4n) is 2.96. The largest absolute Gasteiger partial charge is 0.396 e. The van der Waals surface area contributed by atoms with E-state index in [9.17, 15) is 4.79 Å². The second kappa shape index (κ2) is 6.27. The number of allylic oxidation sites excluding steroid dienone is 2. The third-order valence-electron chi connectivity index (χ3n) is 4.26. The van der Waals surface area contributed by atoms with Gasteiger partial charge >= 0.3 is 0 Å². The number of carbonyl (C=O) groups is 1. The molecule has 0 aliphatic heterocycles.